The van der Waals surface area contributed by atoms with Crippen LogP contribution in [-0.2, 0) is 4.79 Å². The van der Waals surface area contributed by atoms with Crippen LogP contribution < -0.4 is 15.1 Å². The number of furan rings is 1. The highest BCUT2D eigenvalue weighted by molar-refractivity contribution is 7.80. The van der Waals surface area contributed by atoms with Gasteiger partial charge in [-0.15, -0.1) is 0 Å². The molecule has 0 saturated carbocycles. The Hall–Kier alpha value is -3.60. The molecule has 1 N–H and O–H groups in total. The third-order valence-electron chi connectivity index (χ3n) is 7.26. The lowest BCUT2D eigenvalue weighted by atomic mass is 10.1. The summed E-state index contributed by atoms with van der Waals surface area (Å²) in [4.78, 5) is 30.2. The van der Waals surface area contributed by atoms with Gasteiger partial charge in [-0.05, 0) is 74.0 Å². The summed E-state index contributed by atoms with van der Waals surface area (Å²) in [5, 5.41) is 15.6. The monoisotopic (exact) mass is 613 g/mol. The van der Waals surface area contributed by atoms with E-state index in [1.807, 2.05) is 17.0 Å². The lowest BCUT2D eigenvalue weighted by molar-refractivity contribution is -0.384. The van der Waals surface area contributed by atoms with Crippen LogP contribution in [0, 0.1) is 10.1 Å². The molecule has 2 aliphatic rings. The Kier molecular flexibility index (Phi) is 9.12. The predicted octanol–water partition coefficient (Wildman–Crippen LogP) is 6.39. The third kappa shape index (κ3) is 6.83. The zero-order valence-corrected chi connectivity index (χ0v) is 24.6. The van der Waals surface area contributed by atoms with Crippen molar-refractivity contribution >= 4 is 69.6 Å². The standard InChI is InChI=1S/C29H29Cl2N5O4S/c30-23-6-4-5-22(28(23)31)26-11-8-21(40-26)9-12-27(37)32-29(41)35-17-15-33(16-18-35)20-7-10-24(36(38)39)25(19-20)34-13-2-1-3-14-34/h4-12,19H,1-3,13-18H2,(H,32,37,41). The number of carbonyl (C=O) groups is 1. The number of hydrogen-bond donors (Lipinski definition) is 1. The SMILES string of the molecule is O=C(C=Cc1ccc(-c2cccc(Cl)c2Cl)o1)NC(=S)N1CCN(c2ccc([N+](=O)[O-])c(N3CCCCC3)c2)CC1. The van der Waals surface area contributed by atoms with Gasteiger partial charge in [0.15, 0.2) is 5.11 Å². The van der Waals surface area contributed by atoms with Crippen molar-refractivity contribution in [2.24, 2.45) is 0 Å². The molecule has 1 aromatic heterocycles. The van der Waals surface area contributed by atoms with Gasteiger partial charge in [0.25, 0.3) is 5.69 Å². The van der Waals surface area contributed by atoms with Crippen LogP contribution in [0.5, 0.6) is 0 Å². The zero-order valence-electron chi connectivity index (χ0n) is 22.2. The minimum Gasteiger partial charge on any atom is -0.457 e. The van der Waals surface area contributed by atoms with Crippen molar-refractivity contribution in [3.63, 3.8) is 0 Å². The van der Waals surface area contributed by atoms with Crippen molar-refractivity contribution in [2.75, 3.05) is 49.1 Å². The van der Waals surface area contributed by atoms with E-state index in [1.54, 1.807) is 42.5 Å². The van der Waals surface area contributed by atoms with Crippen molar-refractivity contribution in [3.05, 3.63) is 80.5 Å². The molecule has 0 atom stereocenters. The number of piperidine rings is 1. The predicted molar refractivity (Wildman–Crippen MR) is 167 cm³/mol. The van der Waals surface area contributed by atoms with Crippen molar-refractivity contribution in [3.8, 4) is 11.3 Å². The van der Waals surface area contributed by atoms with Gasteiger partial charge in [0.1, 0.15) is 17.2 Å². The molecule has 0 aliphatic carbocycles. The number of nitro groups is 1. The highest BCUT2D eigenvalue weighted by Crippen LogP contribution is 2.35. The summed E-state index contributed by atoms with van der Waals surface area (Å²) in [5.74, 6) is 0.664. The largest absolute Gasteiger partial charge is 0.457 e. The summed E-state index contributed by atoms with van der Waals surface area (Å²) >= 11 is 17.9. The number of thiocarbonyl (C=S) groups is 1. The molecule has 5 rings (SSSR count). The maximum absolute atomic E-state index is 12.5. The summed E-state index contributed by atoms with van der Waals surface area (Å²) in [6.07, 6.45) is 6.16. The first-order valence-electron chi connectivity index (χ1n) is 13.4. The molecule has 41 heavy (non-hydrogen) atoms. The number of rotatable bonds is 6. The van der Waals surface area contributed by atoms with E-state index in [2.05, 4.69) is 15.1 Å². The average molecular weight is 615 g/mol. The van der Waals surface area contributed by atoms with Crippen LogP contribution in [0.4, 0.5) is 17.1 Å². The zero-order chi connectivity index (χ0) is 28.9. The first-order valence-corrected chi connectivity index (χ1v) is 14.6. The molecule has 3 aromatic rings. The lowest BCUT2D eigenvalue weighted by Gasteiger charge is -2.37. The molecular weight excluding hydrogens is 585 g/mol. The maximum Gasteiger partial charge on any atom is 0.292 e. The van der Waals surface area contributed by atoms with Crippen LogP contribution >= 0.6 is 35.4 Å². The molecule has 2 aliphatic heterocycles. The molecule has 1 amide bonds. The van der Waals surface area contributed by atoms with E-state index >= 15 is 0 Å². The number of nitrogens with one attached hydrogen (secondary N) is 1. The quantitative estimate of drug-likeness (QED) is 0.148. The van der Waals surface area contributed by atoms with E-state index in [4.69, 9.17) is 39.8 Å². The van der Waals surface area contributed by atoms with Gasteiger partial charge in [-0.1, -0.05) is 29.3 Å². The molecule has 0 spiro atoms. The van der Waals surface area contributed by atoms with Gasteiger partial charge in [-0.25, -0.2) is 0 Å². The summed E-state index contributed by atoms with van der Waals surface area (Å²) in [6, 6.07) is 14.1. The minimum atomic E-state index is -0.363. The minimum absolute atomic E-state index is 0.144. The van der Waals surface area contributed by atoms with Crippen molar-refractivity contribution in [1.29, 1.82) is 0 Å². The Balaban J connectivity index is 1.15. The number of carbonyl (C=O) groups excluding carboxylic acids is 1. The molecule has 2 fully saturated rings. The number of halogens is 2. The summed E-state index contributed by atoms with van der Waals surface area (Å²) < 4.78 is 5.80. The fraction of sp³-hybridized carbons (Fsp3) is 0.310. The fourth-order valence-corrected chi connectivity index (χ4v) is 5.76. The van der Waals surface area contributed by atoms with Gasteiger partial charge < -0.3 is 19.1 Å². The Morgan fingerprint density at radius 2 is 1.73 bits per heavy atom. The smallest absolute Gasteiger partial charge is 0.292 e. The van der Waals surface area contributed by atoms with E-state index in [1.165, 1.54) is 6.08 Å². The van der Waals surface area contributed by atoms with Crippen LogP contribution in [-0.4, -0.2) is 60.1 Å². The number of anilines is 2. The Morgan fingerprint density at radius 3 is 2.46 bits per heavy atom. The number of benzene rings is 2. The van der Waals surface area contributed by atoms with Gasteiger partial charge in [0, 0.05) is 62.7 Å². The Labute approximate surface area is 253 Å². The molecule has 0 radical (unpaired) electrons. The van der Waals surface area contributed by atoms with Crippen molar-refractivity contribution in [1.82, 2.24) is 10.2 Å². The first kappa shape index (κ1) is 28.9. The molecule has 2 saturated heterocycles. The number of amides is 1. The second-order valence-corrected chi connectivity index (χ2v) is 11.1. The number of nitro benzene ring substituents is 1. The second kappa shape index (κ2) is 12.9. The molecule has 2 aromatic carbocycles. The van der Waals surface area contributed by atoms with E-state index in [-0.39, 0.29) is 16.5 Å². The van der Waals surface area contributed by atoms with Crippen LogP contribution in [0.1, 0.15) is 25.0 Å². The first-order chi connectivity index (χ1) is 19.8. The van der Waals surface area contributed by atoms with E-state index < -0.39 is 0 Å². The molecule has 0 unspecified atom stereocenters. The Morgan fingerprint density at radius 1 is 0.976 bits per heavy atom. The van der Waals surface area contributed by atoms with Gasteiger partial charge in [0.05, 0.1) is 15.0 Å². The van der Waals surface area contributed by atoms with Gasteiger partial charge in [-0.2, -0.15) is 0 Å². The van der Waals surface area contributed by atoms with E-state index in [9.17, 15) is 14.9 Å². The summed E-state index contributed by atoms with van der Waals surface area (Å²) in [5.41, 5.74) is 2.44. The highest BCUT2D eigenvalue weighted by atomic mass is 35.5. The van der Waals surface area contributed by atoms with E-state index in [0.717, 1.165) is 38.0 Å². The molecule has 214 valence electrons. The van der Waals surface area contributed by atoms with Crippen LogP contribution in [0.3, 0.4) is 0 Å². The molecule has 0 bridgehead atoms. The third-order valence-corrected chi connectivity index (χ3v) is 8.44. The summed E-state index contributed by atoms with van der Waals surface area (Å²) in [6.45, 7) is 4.23. The van der Waals surface area contributed by atoms with E-state index in [0.29, 0.717) is 64.1 Å². The maximum atomic E-state index is 12.5. The molecular formula is C29H29Cl2N5O4S. The number of piperazine rings is 1. The lowest BCUT2D eigenvalue weighted by Crippen LogP contribution is -2.52. The van der Waals surface area contributed by atoms with Crippen LogP contribution in [0.25, 0.3) is 17.4 Å². The van der Waals surface area contributed by atoms with Gasteiger partial charge in [0.2, 0.25) is 5.91 Å². The number of nitrogens with zero attached hydrogens (tertiary/aromatic N) is 4. The average Bonchev–Trinajstić information content (AvgIpc) is 3.46. The number of hydrogen-bond acceptors (Lipinski definition) is 7. The topological polar surface area (TPSA) is 95.1 Å². The second-order valence-electron chi connectivity index (χ2n) is 9.88. The normalized spacial score (nSPS) is 15.8. The highest BCUT2D eigenvalue weighted by Gasteiger charge is 2.25. The van der Waals surface area contributed by atoms with Crippen molar-refractivity contribution in [2.45, 2.75) is 19.3 Å². The Bertz CT molecular complexity index is 1480. The van der Waals surface area contributed by atoms with Gasteiger partial charge >= 0.3 is 0 Å². The summed E-state index contributed by atoms with van der Waals surface area (Å²) in [7, 11) is 0. The van der Waals surface area contributed by atoms with Crippen LogP contribution in [0.2, 0.25) is 10.0 Å². The molecule has 3 heterocycles. The van der Waals surface area contributed by atoms with Crippen LogP contribution in [0.15, 0.2) is 59.0 Å². The molecule has 12 heteroatoms. The fourth-order valence-electron chi connectivity index (χ4n) is 5.08. The molecule has 9 nitrogen and oxygen atoms in total. The van der Waals surface area contributed by atoms with Crippen molar-refractivity contribution < 1.29 is 14.1 Å². The van der Waals surface area contributed by atoms with Gasteiger partial charge in [-0.3, -0.25) is 20.2 Å².